The first-order valence-electron chi connectivity index (χ1n) is 13.5. The van der Waals surface area contributed by atoms with Gasteiger partial charge in [0.2, 0.25) is 5.88 Å². The predicted molar refractivity (Wildman–Crippen MR) is 142 cm³/mol. The minimum Gasteiger partial charge on any atom is -0.483 e. The van der Waals surface area contributed by atoms with E-state index in [2.05, 4.69) is 19.6 Å². The van der Waals surface area contributed by atoms with Crippen LogP contribution >= 0.6 is 0 Å². The lowest BCUT2D eigenvalue weighted by molar-refractivity contribution is -0.286. The first-order valence-corrected chi connectivity index (χ1v) is 13.5. The number of hydrogen-bond donors (Lipinski definition) is 0. The molecule has 0 N–H and O–H groups in total. The first kappa shape index (κ1) is 29.2. The molecule has 44 heavy (non-hydrogen) atoms. The van der Waals surface area contributed by atoms with Crippen molar-refractivity contribution in [3.63, 3.8) is 0 Å². The Bertz CT molecular complexity index is 1720. The molecule has 0 saturated heterocycles. The molecule has 0 fully saturated rings. The van der Waals surface area contributed by atoms with E-state index in [0.29, 0.717) is 18.4 Å². The van der Waals surface area contributed by atoms with Crippen molar-refractivity contribution in [3.8, 4) is 28.8 Å². The average molecular weight is 618 g/mol. The number of aromatic nitrogens is 3. The number of carbonyl (C=O) groups excluding carboxylic acids is 1. The van der Waals surface area contributed by atoms with E-state index in [1.54, 1.807) is 25.1 Å². The van der Waals surface area contributed by atoms with Crippen LogP contribution < -0.4 is 18.9 Å². The normalized spacial score (nSPS) is 17.5. The van der Waals surface area contributed by atoms with Gasteiger partial charge in [0.15, 0.2) is 17.2 Å². The lowest BCUT2D eigenvalue weighted by atomic mass is 9.92. The monoisotopic (exact) mass is 617 g/mol. The van der Waals surface area contributed by atoms with Gasteiger partial charge in [-0.3, -0.25) is 0 Å². The zero-order chi connectivity index (χ0) is 31.2. The molecule has 2 aromatic carbocycles. The Morgan fingerprint density at radius 1 is 1.09 bits per heavy atom. The molecule has 2 aliphatic rings. The summed E-state index contributed by atoms with van der Waals surface area (Å²) >= 11 is 0. The quantitative estimate of drug-likeness (QED) is 0.162. The van der Waals surface area contributed by atoms with Crippen LogP contribution in [0.2, 0.25) is 0 Å². The molecule has 0 saturated carbocycles. The fraction of sp³-hybridized carbons (Fsp3) is 0.300. The van der Waals surface area contributed by atoms with E-state index in [-0.39, 0.29) is 52.1 Å². The van der Waals surface area contributed by atoms with Crippen LogP contribution in [-0.2, 0) is 17.3 Å². The molecule has 0 spiro atoms. The number of benzene rings is 2. The van der Waals surface area contributed by atoms with Crippen LogP contribution in [0.25, 0.3) is 5.69 Å². The lowest BCUT2D eigenvalue weighted by Crippen LogP contribution is -2.25. The van der Waals surface area contributed by atoms with Crippen molar-refractivity contribution in [1.82, 2.24) is 14.8 Å². The maximum absolute atomic E-state index is 14.2. The summed E-state index contributed by atoms with van der Waals surface area (Å²) in [6.07, 6.45) is -7.88. The highest BCUT2D eigenvalue weighted by Crippen LogP contribution is 2.44. The highest BCUT2D eigenvalue weighted by Gasteiger charge is 2.44. The minimum atomic E-state index is -4.74. The highest BCUT2D eigenvalue weighted by atomic mass is 19.4. The Morgan fingerprint density at radius 2 is 1.86 bits per heavy atom. The van der Waals surface area contributed by atoms with Crippen LogP contribution in [0.1, 0.15) is 64.8 Å². The summed E-state index contributed by atoms with van der Waals surface area (Å²) in [6.45, 7) is 1.64. The summed E-state index contributed by atoms with van der Waals surface area (Å²) < 4.78 is 96.4. The first-order chi connectivity index (χ1) is 20.9. The molecule has 1 aliphatic heterocycles. The van der Waals surface area contributed by atoms with E-state index in [4.69, 9.17) is 14.2 Å². The number of halogens is 5. The van der Waals surface area contributed by atoms with Gasteiger partial charge in [-0.1, -0.05) is 18.2 Å². The van der Waals surface area contributed by atoms with Gasteiger partial charge < -0.3 is 23.7 Å². The van der Waals surface area contributed by atoms with Gasteiger partial charge in [-0.15, -0.1) is 8.78 Å². The molecule has 0 bridgehead atoms. The summed E-state index contributed by atoms with van der Waals surface area (Å²) in [5, 5.41) is 3.97. The van der Waals surface area contributed by atoms with Crippen LogP contribution in [0.4, 0.5) is 22.0 Å². The molecule has 0 radical (unpaired) electrons. The maximum Gasteiger partial charge on any atom is 0.586 e. The van der Waals surface area contributed by atoms with E-state index in [9.17, 15) is 26.7 Å². The zero-order valence-corrected chi connectivity index (χ0v) is 23.2. The summed E-state index contributed by atoms with van der Waals surface area (Å²) in [4.78, 5) is 16.5. The van der Waals surface area contributed by atoms with Gasteiger partial charge in [-0.2, -0.15) is 18.3 Å². The fourth-order valence-electron chi connectivity index (χ4n) is 5.24. The third-order valence-electron chi connectivity index (χ3n) is 7.21. The molecule has 1 aliphatic carbocycles. The number of rotatable bonds is 7. The predicted octanol–water partition coefficient (Wildman–Crippen LogP) is 6.99. The van der Waals surface area contributed by atoms with Crippen LogP contribution in [-0.4, -0.2) is 34.1 Å². The molecule has 14 heteroatoms. The molecule has 2 atom stereocenters. The number of pyridine rings is 1. The van der Waals surface area contributed by atoms with Crippen molar-refractivity contribution in [2.24, 2.45) is 0 Å². The van der Waals surface area contributed by atoms with E-state index < -0.39 is 36.3 Å². The van der Waals surface area contributed by atoms with Gasteiger partial charge in [-0.25, -0.2) is 14.5 Å². The third-order valence-corrected chi connectivity index (χ3v) is 7.21. The number of fused-ring (bicyclic) bond motifs is 2. The molecule has 9 nitrogen and oxygen atoms in total. The number of ether oxygens (including phenoxy) is 5. The van der Waals surface area contributed by atoms with Crippen LogP contribution in [0.3, 0.4) is 0 Å². The van der Waals surface area contributed by atoms with Gasteiger partial charge in [0, 0.05) is 17.8 Å². The summed E-state index contributed by atoms with van der Waals surface area (Å²) in [5.74, 6) is -0.733. The molecule has 230 valence electrons. The lowest BCUT2D eigenvalue weighted by Gasteiger charge is -2.26. The number of carbonyl (C=O) groups is 1. The second-order valence-corrected chi connectivity index (χ2v) is 10.1. The van der Waals surface area contributed by atoms with Gasteiger partial charge in [-0.05, 0) is 62.1 Å². The molecular weight excluding hydrogens is 593 g/mol. The van der Waals surface area contributed by atoms with Gasteiger partial charge in [0.25, 0.3) is 0 Å². The summed E-state index contributed by atoms with van der Waals surface area (Å²) in [5.41, 5.74) is -0.0435. The van der Waals surface area contributed by atoms with Crippen molar-refractivity contribution >= 4 is 5.97 Å². The second kappa shape index (κ2) is 11.0. The fourth-order valence-corrected chi connectivity index (χ4v) is 5.24. The number of nitrogens with zero attached hydrogens (tertiary/aromatic N) is 3. The number of esters is 1. The molecule has 0 amide bonds. The number of methoxy groups -OCH3 is 1. The SMILES string of the molecule is COC(=O)c1ccccc1O[C@H]1CCCc2c(C(F)(F)F)nn(-c3ccnc(O[C@@H](C)c4ccc5c(c4)OC(F)(F)O5)c3)c21. The van der Waals surface area contributed by atoms with Crippen molar-refractivity contribution in [3.05, 3.63) is 88.9 Å². The molecule has 3 heterocycles. The van der Waals surface area contributed by atoms with E-state index in [1.165, 1.54) is 49.7 Å². The van der Waals surface area contributed by atoms with Gasteiger partial charge in [0.1, 0.15) is 23.5 Å². The van der Waals surface area contributed by atoms with E-state index in [1.807, 2.05) is 0 Å². The zero-order valence-electron chi connectivity index (χ0n) is 23.2. The molecule has 2 aromatic heterocycles. The highest BCUT2D eigenvalue weighted by molar-refractivity contribution is 5.92. The largest absolute Gasteiger partial charge is 0.586 e. The van der Waals surface area contributed by atoms with Gasteiger partial charge in [0.05, 0.1) is 18.5 Å². The second-order valence-electron chi connectivity index (χ2n) is 10.1. The Balaban J connectivity index is 1.34. The standard InChI is InChI=1S/C30H24F5N3O6/c1-16(17-10-11-22-24(14-17)44-30(34,35)43-22)41-25-15-18(12-13-36-25)38-26-20(27(37-38)29(31,32)33)7-5-9-23(26)42-21-8-4-3-6-19(21)28(39)40-2/h3-4,6,8,10-16,23H,5,7,9H2,1-2H3/t16-,23-/m0/s1. The maximum atomic E-state index is 14.2. The smallest absolute Gasteiger partial charge is 0.483 e. The van der Waals surface area contributed by atoms with Crippen molar-refractivity contribution in [2.45, 2.75) is 50.9 Å². The van der Waals surface area contributed by atoms with Crippen molar-refractivity contribution < 1.29 is 50.4 Å². The average Bonchev–Trinajstić information content (AvgIpc) is 3.54. The third kappa shape index (κ3) is 5.58. The molecule has 0 unspecified atom stereocenters. The molecular formula is C30H24F5N3O6. The van der Waals surface area contributed by atoms with Crippen LogP contribution in [0.15, 0.2) is 60.8 Å². The van der Waals surface area contributed by atoms with Crippen molar-refractivity contribution in [1.29, 1.82) is 0 Å². The number of para-hydroxylation sites is 1. The van der Waals surface area contributed by atoms with E-state index >= 15 is 0 Å². The molecule has 6 rings (SSSR count). The Labute approximate surface area is 247 Å². The summed E-state index contributed by atoms with van der Waals surface area (Å²) in [6, 6.07) is 13.4. The number of alkyl halides is 5. The van der Waals surface area contributed by atoms with Crippen molar-refractivity contribution in [2.75, 3.05) is 7.11 Å². The Kier molecular flexibility index (Phi) is 7.30. The topological polar surface area (TPSA) is 93.9 Å². The molecule has 4 aromatic rings. The number of hydrogen-bond acceptors (Lipinski definition) is 8. The van der Waals surface area contributed by atoms with Gasteiger partial charge >= 0.3 is 18.4 Å². The van der Waals surface area contributed by atoms with E-state index in [0.717, 1.165) is 4.68 Å². The Morgan fingerprint density at radius 3 is 2.64 bits per heavy atom. The summed E-state index contributed by atoms with van der Waals surface area (Å²) in [7, 11) is 1.22. The Hall–Kier alpha value is -4.88. The van der Waals surface area contributed by atoms with Crippen LogP contribution in [0, 0.1) is 0 Å². The van der Waals surface area contributed by atoms with Crippen LogP contribution in [0.5, 0.6) is 23.1 Å². The minimum absolute atomic E-state index is 0.00545.